The maximum Gasteiger partial charge on any atom is 0.344 e. The summed E-state index contributed by atoms with van der Waals surface area (Å²) in [4.78, 5) is 12.0. The van der Waals surface area contributed by atoms with Gasteiger partial charge in [-0.05, 0) is 30.3 Å². The number of phenolic OH excluding ortho intramolecular Hbond substituents is 1. The number of rotatable bonds is 1. The number of methoxy groups -OCH3 is 1. The molecule has 3 aromatic rings. The molecule has 2 aromatic carbocycles. The van der Waals surface area contributed by atoms with Crippen LogP contribution in [0.1, 0.15) is 4.11 Å². The largest absolute Gasteiger partial charge is 0.508 e. The van der Waals surface area contributed by atoms with Crippen LogP contribution in [0, 0.1) is 0 Å². The fourth-order valence-corrected chi connectivity index (χ4v) is 1.96. The van der Waals surface area contributed by atoms with Gasteiger partial charge in [0.1, 0.15) is 17.1 Å². The fourth-order valence-electron chi connectivity index (χ4n) is 1.96. The van der Waals surface area contributed by atoms with Crippen LogP contribution in [0.3, 0.4) is 0 Å². The van der Waals surface area contributed by atoms with Crippen LogP contribution in [0.15, 0.2) is 45.6 Å². The third-order valence-electron chi connectivity index (χ3n) is 2.79. The molecule has 1 aromatic heterocycles. The highest BCUT2D eigenvalue weighted by Crippen LogP contribution is 2.27. The zero-order valence-electron chi connectivity index (χ0n) is 12.1. The van der Waals surface area contributed by atoms with E-state index in [4.69, 9.17) is 13.3 Å². The van der Waals surface area contributed by atoms with Gasteiger partial charge in [-0.1, -0.05) is 0 Å². The number of hydrogen-bond donors (Lipinski definition) is 1. The van der Waals surface area contributed by atoms with Gasteiger partial charge in [0, 0.05) is 16.8 Å². The van der Waals surface area contributed by atoms with Gasteiger partial charge < -0.3 is 14.3 Å². The van der Waals surface area contributed by atoms with Gasteiger partial charge >= 0.3 is 5.63 Å². The maximum absolute atomic E-state index is 12.0. The number of phenols is 1. The number of ether oxygens (including phenoxy) is 1. The first-order valence-corrected chi connectivity index (χ1v) is 5.22. The predicted octanol–water partition coefficient (Wildman–Crippen LogP) is 2.66. The van der Waals surface area contributed by atoms with Crippen LogP contribution < -0.4 is 10.4 Å². The van der Waals surface area contributed by atoms with Gasteiger partial charge in [0.05, 0.1) is 16.5 Å². The summed E-state index contributed by atoms with van der Waals surface area (Å²) in [7, 11) is -2.59. The normalized spacial score (nSPS) is 14.1. The minimum absolute atomic E-state index is 0.00708. The minimum Gasteiger partial charge on any atom is -0.508 e. The summed E-state index contributed by atoms with van der Waals surface area (Å²) in [5.41, 5.74) is -0.365. The van der Waals surface area contributed by atoms with Crippen LogP contribution in [0.5, 0.6) is 11.5 Å². The van der Waals surface area contributed by atoms with E-state index in [1.807, 2.05) is 0 Å². The Balaban J connectivity index is 2.27. The summed E-state index contributed by atoms with van der Waals surface area (Å²) in [5.74, 6) is 0.0558. The van der Waals surface area contributed by atoms with Gasteiger partial charge in [0.25, 0.3) is 0 Å². The van der Waals surface area contributed by atoms with Crippen LogP contribution in [0.2, 0.25) is 0 Å². The smallest absolute Gasteiger partial charge is 0.344 e. The van der Waals surface area contributed by atoms with Crippen LogP contribution in [-0.2, 0) is 0 Å². The van der Waals surface area contributed by atoms with Crippen molar-refractivity contribution in [3.8, 4) is 11.5 Å². The van der Waals surface area contributed by atoms with E-state index in [2.05, 4.69) is 0 Å². The molecule has 18 heavy (non-hydrogen) atoms. The monoisotopic (exact) mass is 245 g/mol. The van der Waals surface area contributed by atoms with Crippen molar-refractivity contribution in [1.29, 1.82) is 0 Å². The first-order valence-electron chi connectivity index (χ1n) is 6.72. The Kier molecular flexibility index (Phi) is 1.63. The minimum atomic E-state index is -2.59. The summed E-state index contributed by atoms with van der Waals surface area (Å²) in [6.07, 6.45) is 0. The van der Waals surface area contributed by atoms with Gasteiger partial charge in [-0.2, -0.15) is 0 Å². The average Bonchev–Trinajstić information content (AvgIpc) is 2.37. The molecular formula is C14H10O4. The summed E-state index contributed by atoms with van der Waals surface area (Å²) < 4.78 is 31.1. The molecule has 0 saturated carbocycles. The van der Waals surface area contributed by atoms with Gasteiger partial charge in [-0.25, -0.2) is 4.79 Å². The Hall–Kier alpha value is -2.49. The van der Waals surface area contributed by atoms with Crippen LogP contribution in [0.25, 0.3) is 21.7 Å². The van der Waals surface area contributed by atoms with Crippen molar-refractivity contribution < 1.29 is 18.4 Å². The second-order valence-electron chi connectivity index (χ2n) is 3.88. The summed E-state index contributed by atoms with van der Waals surface area (Å²) in [6.45, 7) is 0. The summed E-state index contributed by atoms with van der Waals surface area (Å²) >= 11 is 0. The van der Waals surface area contributed by atoms with E-state index in [1.165, 1.54) is 24.3 Å². The lowest BCUT2D eigenvalue weighted by molar-refractivity contribution is 0.415. The molecule has 0 amide bonds. The third-order valence-corrected chi connectivity index (χ3v) is 2.79. The number of benzene rings is 2. The molecule has 0 aliphatic rings. The molecule has 0 bridgehead atoms. The van der Waals surface area contributed by atoms with Crippen molar-refractivity contribution in [3.05, 3.63) is 46.8 Å². The molecule has 4 nitrogen and oxygen atoms in total. The van der Waals surface area contributed by atoms with E-state index >= 15 is 0 Å². The van der Waals surface area contributed by atoms with Crippen molar-refractivity contribution in [2.45, 2.75) is 0 Å². The van der Waals surface area contributed by atoms with Crippen molar-refractivity contribution >= 4 is 21.7 Å². The molecule has 0 atom stereocenters. The van der Waals surface area contributed by atoms with Crippen molar-refractivity contribution in [1.82, 2.24) is 0 Å². The zero-order valence-corrected chi connectivity index (χ0v) is 9.14. The Bertz CT molecular complexity index is 896. The molecule has 1 N–H and O–H groups in total. The Morgan fingerprint density at radius 2 is 2.00 bits per heavy atom. The predicted molar refractivity (Wildman–Crippen MR) is 68.2 cm³/mol. The lowest BCUT2D eigenvalue weighted by Crippen LogP contribution is -2.00. The Morgan fingerprint density at radius 1 is 1.17 bits per heavy atom. The first kappa shape index (κ1) is 7.76. The molecular weight excluding hydrogens is 232 g/mol. The van der Waals surface area contributed by atoms with Gasteiger partial charge in [-0.15, -0.1) is 0 Å². The molecule has 0 aliphatic carbocycles. The molecule has 0 aliphatic heterocycles. The highest BCUT2D eigenvalue weighted by molar-refractivity contribution is 6.04. The van der Waals surface area contributed by atoms with Crippen LogP contribution in [-0.4, -0.2) is 12.1 Å². The number of aromatic hydroxyl groups is 1. The van der Waals surface area contributed by atoms with Gasteiger partial charge in [0.15, 0.2) is 0 Å². The van der Waals surface area contributed by atoms with E-state index in [-0.39, 0.29) is 22.5 Å². The lowest BCUT2D eigenvalue weighted by atomic mass is 10.1. The molecule has 1 heterocycles. The number of fused-ring (bicyclic) bond motifs is 3. The first-order chi connectivity index (χ1) is 9.83. The average molecular weight is 245 g/mol. The fraction of sp³-hybridized carbons (Fsp3) is 0.0714. The highest BCUT2D eigenvalue weighted by atomic mass is 16.5. The number of hydrogen-bond acceptors (Lipinski definition) is 4. The van der Waals surface area contributed by atoms with E-state index in [0.29, 0.717) is 10.8 Å². The molecule has 0 spiro atoms. The molecule has 0 radical (unpaired) electrons. The molecule has 0 unspecified atom stereocenters. The third kappa shape index (κ3) is 1.50. The zero-order chi connectivity index (χ0) is 15.2. The topological polar surface area (TPSA) is 59.7 Å². The highest BCUT2D eigenvalue weighted by Gasteiger charge is 2.08. The summed E-state index contributed by atoms with van der Waals surface area (Å²) in [5, 5.41) is 10.9. The molecule has 4 heteroatoms. The van der Waals surface area contributed by atoms with Crippen molar-refractivity contribution in [2.75, 3.05) is 7.04 Å². The molecule has 3 rings (SSSR count). The second-order valence-corrected chi connectivity index (χ2v) is 3.88. The van der Waals surface area contributed by atoms with E-state index in [0.717, 1.165) is 0 Å². The quantitative estimate of drug-likeness (QED) is 0.529. The van der Waals surface area contributed by atoms with E-state index in [1.54, 1.807) is 12.1 Å². The van der Waals surface area contributed by atoms with Crippen LogP contribution >= 0.6 is 0 Å². The molecule has 0 saturated heterocycles. The SMILES string of the molecule is [2H]C([2H])([2H])Oc1ccc2c(c1)c(=O)oc1cc(O)ccc12. The Labute approximate surface area is 106 Å². The van der Waals surface area contributed by atoms with Gasteiger partial charge in [-0.3, -0.25) is 0 Å². The maximum atomic E-state index is 12.0. The van der Waals surface area contributed by atoms with Crippen molar-refractivity contribution in [3.63, 3.8) is 0 Å². The Morgan fingerprint density at radius 3 is 2.83 bits per heavy atom. The molecule has 90 valence electrons. The standard InChI is InChI=1S/C14H10O4/c1-17-9-3-5-10-11-4-2-8(15)6-13(11)18-14(16)12(10)7-9/h2-7,15H,1H3/i1D3. The van der Waals surface area contributed by atoms with E-state index < -0.39 is 12.7 Å². The summed E-state index contributed by atoms with van der Waals surface area (Å²) in [6, 6.07) is 8.85. The van der Waals surface area contributed by atoms with E-state index in [9.17, 15) is 9.90 Å². The van der Waals surface area contributed by atoms with Crippen LogP contribution in [0.4, 0.5) is 0 Å². The lowest BCUT2D eigenvalue weighted by Gasteiger charge is -2.04. The molecule has 0 fully saturated rings. The van der Waals surface area contributed by atoms with Crippen molar-refractivity contribution in [2.24, 2.45) is 0 Å². The van der Waals surface area contributed by atoms with Gasteiger partial charge in [0.2, 0.25) is 0 Å². The second kappa shape index (κ2) is 3.77.